The number of halogens is 1. The number of hydrogen-bond acceptors (Lipinski definition) is 9. The number of aliphatic hydroxyl groups excluding tert-OH is 1. The van der Waals surface area contributed by atoms with Gasteiger partial charge in [-0.25, -0.2) is 19.3 Å². The molecule has 3 fully saturated rings. The van der Waals surface area contributed by atoms with Gasteiger partial charge in [-0.3, -0.25) is 9.59 Å². The Morgan fingerprint density at radius 1 is 0.923 bits per heavy atom. The highest BCUT2D eigenvalue weighted by Gasteiger charge is 2.40. The molecule has 2 aromatic heterocycles. The minimum atomic E-state index is -0.661. The second-order valence-electron chi connectivity index (χ2n) is 10.2. The number of carbonyl (C=O) groups is 2. The molecule has 1 N–H and O–H groups in total. The van der Waals surface area contributed by atoms with Crippen molar-refractivity contribution in [3.63, 3.8) is 0 Å². The van der Waals surface area contributed by atoms with E-state index in [2.05, 4.69) is 15.0 Å². The molecule has 1 saturated carbocycles. The number of ketones is 1. The van der Waals surface area contributed by atoms with Gasteiger partial charge in [0.15, 0.2) is 6.10 Å². The number of anilines is 2. The van der Waals surface area contributed by atoms with Crippen LogP contribution in [-0.4, -0.2) is 63.6 Å². The summed E-state index contributed by atoms with van der Waals surface area (Å²) >= 11 is 0. The molecule has 6 rings (SSSR count). The number of pyridine rings is 1. The van der Waals surface area contributed by atoms with Gasteiger partial charge in [-0.05, 0) is 49.6 Å². The molecule has 3 aromatic rings. The Labute approximate surface area is 224 Å². The Bertz CT molecular complexity index is 1330. The van der Waals surface area contributed by atoms with E-state index < -0.39 is 6.10 Å². The molecule has 10 nitrogen and oxygen atoms in total. The maximum atomic E-state index is 13.1. The third-order valence-electron chi connectivity index (χ3n) is 7.49. The van der Waals surface area contributed by atoms with E-state index in [4.69, 9.17) is 9.47 Å². The zero-order valence-corrected chi connectivity index (χ0v) is 21.1. The molecule has 0 spiro atoms. The first-order valence-corrected chi connectivity index (χ1v) is 13.1. The van der Waals surface area contributed by atoms with Gasteiger partial charge in [0.1, 0.15) is 23.1 Å². The van der Waals surface area contributed by atoms with E-state index in [1.54, 1.807) is 29.4 Å². The summed E-state index contributed by atoms with van der Waals surface area (Å²) in [5.41, 5.74) is 0.587. The van der Waals surface area contributed by atoms with Gasteiger partial charge in [0, 0.05) is 38.0 Å². The summed E-state index contributed by atoms with van der Waals surface area (Å²) in [4.78, 5) is 42.2. The molecule has 1 aromatic carbocycles. The third-order valence-corrected chi connectivity index (χ3v) is 7.49. The highest BCUT2D eigenvalue weighted by atomic mass is 19.1. The van der Waals surface area contributed by atoms with Crippen molar-refractivity contribution in [3.05, 3.63) is 60.8 Å². The maximum Gasteiger partial charge on any atom is 0.268 e. The molecule has 3 aliphatic rings. The molecule has 202 valence electrons. The molecule has 11 heteroatoms. The molecule has 1 aliphatic carbocycles. The van der Waals surface area contributed by atoms with Crippen LogP contribution in [0.25, 0.3) is 0 Å². The number of nitrogens with zero attached hydrogens (tertiary/aromatic N) is 5. The van der Waals surface area contributed by atoms with Crippen LogP contribution in [0, 0.1) is 17.7 Å². The quantitative estimate of drug-likeness (QED) is 0.466. The van der Waals surface area contributed by atoms with Crippen molar-refractivity contribution >= 4 is 23.3 Å². The van der Waals surface area contributed by atoms with Gasteiger partial charge in [-0.1, -0.05) is 0 Å². The maximum absolute atomic E-state index is 13.1. The first-order chi connectivity index (χ1) is 18.9. The average molecular weight is 534 g/mol. The summed E-state index contributed by atoms with van der Waals surface area (Å²) < 4.78 is 24.5. The van der Waals surface area contributed by atoms with Crippen LogP contribution in [0.3, 0.4) is 0 Å². The van der Waals surface area contributed by atoms with E-state index >= 15 is 0 Å². The first-order valence-electron chi connectivity index (χ1n) is 13.1. The van der Waals surface area contributed by atoms with Gasteiger partial charge in [-0.2, -0.15) is 0 Å². The highest BCUT2D eigenvalue weighted by Crippen LogP contribution is 2.33. The fraction of sp³-hybridized carbons (Fsp3) is 0.393. The van der Waals surface area contributed by atoms with Crippen LogP contribution in [0.4, 0.5) is 16.0 Å². The summed E-state index contributed by atoms with van der Waals surface area (Å²) in [7, 11) is 0. The van der Waals surface area contributed by atoms with Gasteiger partial charge in [0.05, 0.1) is 36.3 Å². The number of benzene rings is 1. The summed E-state index contributed by atoms with van der Waals surface area (Å²) in [6.07, 6.45) is 6.25. The van der Waals surface area contributed by atoms with E-state index in [0.717, 1.165) is 6.42 Å². The van der Waals surface area contributed by atoms with E-state index in [1.807, 2.05) is 4.90 Å². The Kier molecular flexibility index (Phi) is 6.82. The summed E-state index contributed by atoms with van der Waals surface area (Å²) in [6, 6.07) is 8.91. The van der Waals surface area contributed by atoms with Crippen LogP contribution in [0.1, 0.15) is 25.7 Å². The van der Waals surface area contributed by atoms with Crippen LogP contribution < -0.4 is 19.3 Å². The largest absolute Gasteiger partial charge is 0.479 e. The second-order valence-corrected chi connectivity index (χ2v) is 10.2. The number of amides is 1. The molecule has 1 amide bonds. The smallest absolute Gasteiger partial charge is 0.268 e. The van der Waals surface area contributed by atoms with Crippen molar-refractivity contribution in [3.8, 4) is 17.4 Å². The summed E-state index contributed by atoms with van der Waals surface area (Å²) in [5.74, 6) is 1.36. The number of carbonyl (C=O) groups excluding carboxylic acids is 2. The van der Waals surface area contributed by atoms with E-state index in [9.17, 15) is 19.1 Å². The second kappa shape index (κ2) is 10.6. The molecule has 2 aliphatic heterocycles. The van der Waals surface area contributed by atoms with Crippen LogP contribution in [-0.2, 0) is 9.59 Å². The predicted octanol–water partition coefficient (Wildman–Crippen LogP) is 3.15. The number of aliphatic hydroxyl groups is 1. The molecule has 0 radical (unpaired) electrons. The Balaban J connectivity index is 1.00. The summed E-state index contributed by atoms with van der Waals surface area (Å²) in [5, 5.41) is 9.70. The third kappa shape index (κ3) is 5.40. The van der Waals surface area contributed by atoms with Crippen LogP contribution in [0.15, 0.2) is 55.0 Å². The molecule has 39 heavy (non-hydrogen) atoms. The molecule has 0 bridgehead atoms. The van der Waals surface area contributed by atoms with E-state index in [-0.39, 0.29) is 35.4 Å². The zero-order chi connectivity index (χ0) is 26.9. The lowest BCUT2D eigenvalue weighted by Gasteiger charge is -2.39. The SMILES string of the molecule is O=C(C1CCC(O)C1)C1CN(c2ncc(N3CC[C@@H](Oc4ccc(Oc5ccc(F)cc5)nc4)C3=O)cn2)C1. The minimum absolute atomic E-state index is 0.0322. The van der Waals surface area contributed by atoms with Gasteiger partial charge < -0.3 is 24.4 Å². The highest BCUT2D eigenvalue weighted by molar-refractivity contribution is 5.98. The van der Waals surface area contributed by atoms with Crippen LogP contribution in [0.2, 0.25) is 0 Å². The van der Waals surface area contributed by atoms with Crippen molar-refractivity contribution < 1.29 is 28.6 Å². The van der Waals surface area contributed by atoms with Gasteiger partial charge in [-0.15, -0.1) is 0 Å². The van der Waals surface area contributed by atoms with Crippen molar-refractivity contribution in [2.75, 3.05) is 29.4 Å². The molecule has 2 saturated heterocycles. The molecule has 4 heterocycles. The fourth-order valence-corrected chi connectivity index (χ4v) is 5.29. The van der Waals surface area contributed by atoms with Gasteiger partial charge in [0.2, 0.25) is 11.8 Å². The molecular weight excluding hydrogens is 505 g/mol. The number of rotatable bonds is 8. The Morgan fingerprint density at radius 2 is 1.67 bits per heavy atom. The predicted molar refractivity (Wildman–Crippen MR) is 138 cm³/mol. The minimum Gasteiger partial charge on any atom is -0.479 e. The van der Waals surface area contributed by atoms with Gasteiger partial charge in [0.25, 0.3) is 5.91 Å². The number of ether oxygens (including phenoxy) is 2. The van der Waals surface area contributed by atoms with Crippen molar-refractivity contribution in [2.24, 2.45) is 11.8 Å². The van der Waals surface area contributed by atoms with Gasteiger partial charge >= 0.3 is 0 Å². The monoisotopic (exact) mass is 533 g/mol. The lowest BCUT2D eigenvalue weighted by Crippen LogP contribution is -2.52. The molecule has 2 unspecified atom stereocenters. The fourth-order valence-electron chi connectivity index (χ4n) is 5.29. The summed E-state index contributed by atoms with van der Waals surface area (Å²) in [6.45, 7) is 1.62. The standard InChI is InChI=1S/C28H28FN5O5/c29-19-2-5-22(6-3-19)39-25-8-7-23(14-30-25)38-24-9-10-34(27(24)37)20-12-31-28(32-13-20)33-15-18(16-33)26(36)17-1-4-21(35)11-17/h2-3,5-8,12-14,17-18,21,24,35H,1,4,9-11,15-16H2/t17?,21?,24-/m1/s1. The number of hydrogen-bond donors (Lipinski definition) is 1. The molecule has 3 atom stereocenters. The van der Waals surface area contributed by atoms with E-state index in [1.165, 1.54) is 30.5 Å². The lowest BCUT2D eigenvalue weighted by atomic mass is 9.86. The van der Waals surface area contributed by atoms with Crippen molar-refractivity contribution in [1.29, 1.82) is 0 Å². The van der Waals surface area contributed by atoms with Crippen LogP contribution in [0.5, 0.6) is 17.4 Å². The topological polar surface area (TPSA) is 118 Å². The number of Topliss-reactive ketones (excluding diaryl/α,β-unsaturated/α-hetero) is 1. The average Bonchev–Trinajstić information content (AvgIpc) is 3.51. The first kappa shape index (κ1) is 25.2. The van der Waals surface area contributed by atoms with Crippen molar-refractivity contribution in [1.82, 2.24) is 15.0 Å². The molecular formula is C28H28FN5O5. The van der Waals surface area contributed by atoms with Crippen LogP contribution >= 0.6 is 0 Å². The normalized spacial score (nSPS) is 23.1. The van der Waals surface area contributed by atoms with E-state index in [0.29, 0.717) is 67.9 Å². The Hall–Kier alpha value is -4.12. The Morgan fingerprint density at radius 3 is 2.33 bits per heavy atom. The zero-order valence-electron chi connectivity index (χ0n) is 21.1. The lowest BCUT2D eigenvalue weighted by molar-refractivity contribution is -0.127. The number of aromatic nitrogens is 3. The van der Waals surface area contributed by atoms with Crippen molar-refractivity contribution in [2.45, 2.75) is 37.9 Å².